The highest BCUT2D eigenvalue weighted by Gasteiger charge is 2.26. The molecule has 3 amide bonds. The number of hydrogen-bond donors (Lipinski definition) is 3. The molecule has 0 bridgehead atoms. The number of likely N-dealkylation sites (tertiary alicyclic amines) is 1. The quantitative estimate of drug-likeness (QED) is 0.368. The number of piperidine rings is 1. The molecule has 0 spiro atoms. The predicted octanol–water partition coefficient (Wildman–Crippen LogP) is 5.70. The molecule has 1 aliphatic carbocycles. The Kier molecular flexibility index (Phi) is 7.34. The van der Waals surface area contributed by atoms with Gasteiger partial charge in [-0.05, 0) is 57.1 Å². The van der Waals surface area contributed by atoms with E-state index in [2.05, 4.69) is 31.9 Å². The number of anilines is 1. The number of hydrogen-bond acceptors (Lipinski definition) is 5. The summed E-state index contributed by atoms with van der Waals surface area (Å²) in [5.74, 6) is 0.327. The first-order valence-corrected chi connectivity index (χ1v) is 13.4. The van der Waals surface area contributed by atoms with Crippen LogP contribution in [0, 0.1) is 0 Å². The monoisotopic (exact) mass is 512 g/mol. The number of fused-ring (bicyclic) bond motifs is 1. The molecule has 3 aromatic rings. The van der Waals surface area contributed by atoms with Crippen LogP contribution in [0.3, 0.4) is 0 Å². The molecule has 5 rings (SSSR count). The van der Waals surface area contributed by atoms with E-state index in [4.69, 9.17) is 11.6 Å². The number of aromatic amines is 1. The molecular weight excluding hydrogens is 484 g/mol. The lowest BCUT2D eigenvalue weighted by Crippen LogP contribution is -2.44. The fourth-order valence-electron chi connectivity index (χ4n) is 4.77. The molecule has 0 atom stereocenters. The molecule has 3 N–H and O–H groups in total. The van der Waals surface area contributed by atoms with E-state index >= 15 is 0 Å². The standard InChI is InChI=1S/C25H29ClN6O2S/c26-18-7-4-8-19-21(18)22(31-30-19)29-23(33)20-15-35-24(28-20)17-10-13-32(14-11-17)25(34)27-12-9-16-5-2-1-3-6-16/h4-5,7-8,15,17H,1-3,6,9-14H2,(H,27,34)(H2,29,30,31,33). The number of thiazole rings is 1. The molecule has 1 saturated heterocycles. The number of carbonyl (C=O) groups is 2. The highest BCUT2D eigenvalue weighted by molar-refractivity contribution is 7.10. The Labute approximate surface area is 213 Å². The van der Waals surface area contributed by atoms with Crippen molar-refractivity contribution in [3.05, 3.63) is 51.0 Å². The van der Waals surface area contributed by atoms with E-state index in [1.165, 1.54) is 42.6 Å². The summed E-state index contributed by atoms with van der Waals surface area (Å²) in [7, 11) is 0. The summed E-state index contributed by atoms with van der Waals surface area (Å²) in [6, 6.07) is 5.46. The molecule has 0 saturated carbocycles. The molecule has 184 valence electrons. The summed E-state index contributed by atoms with van der Waals surface area (Å²) >= 11 is 7.77. The SMILES string of the molecule is O=C(Nc1n[nH]c2cccc(Cl)c12)c1csc(C2CCN(C(=O)NCCC3=CCCCC3)CC2)n1. The summed E-state index contributed by atoms with van der Waals surface area (Å²) in [6.45, 7) is 2.09. The van der Waals surface area contributed by atoms with Crippen LogP contribution in [0.25, 0.3) is 10.9 Å². The molecule has 1 fully saturated rings. The second-order valence-corrected chi connectivity index (χ2v) is 10.4. The van der Waals surface area contributed by atoms with Gasteiger partial charge in [0.1, 0.15) is 5.69 Å². The highest BCUT2D eigenvalue weighted by atomic mass is 35.5. The molecule has 0 unspecified atom stereocenters. The number of urea groups is 1. The number of H-pyrrole nitrogens is 1. The average molecular weight is 513 g/mol. The summed E-state index contributed by atoms with van der Waals surface area (Å²) in [6.07, 6.45) is 9.85. The van der Waals surface area contributed by atoms with Crippen LogP contribution < -0.4 is 10.6 Å². The molecule has 3 heterocycles. The average Bonchev–Trinajstić information content (AvgIpc) is 3.53. The smallest absolute Gasteiger partial charge is 0.317 e. The van der Waals surface area contributed by atoms with Crippen molar-refractivity contribution < 1.29 is 9.59 Å². The van der Waals surface area contributed by atoms with E-state index in [9.17, 15) is 9.59 Å². The fourth-order valence-corrected chi connectivity index (χ4v) is 6.01. The van der Waals surface area contributed by atoms with Crippen molar-refractivity contribution in [3.8, 4) is 0 Å². The molecule has 1 aliphatic heterocycles. The van der Waals surface area contributed by atoms with Gasteiger partial charge in [0.05, 0.1) is 20.9 Å². The van der Waals surface area contributed by atoms with Crippen molar-refractivity contribution >= 4 is 51.6 Å². The van der Waals surface area contributed by atoms with Crippen molar-refractivity contribution in [1.29, 1.82) is 0 Å². The van der Waals surface area contributed by atoms with Gasteiger partial charge in [-0.2, -0.15) is 5.10 Å². The van der Waals surface area contributed by atoms with Gasteiger partial charge in [-0.1, -0.05) is 29.3 Å². The number of aromatic nitrogens is 3. The van der Waals surface area contributed by atoms with Crippen molar-refractivity contribution in [3.63, 3.8) is 0 Å². The summed E-state index contributed by atoms with van der Waals surface area (Å²) in [5, 5.41) is 16.9. The third-order valence-electron chi connectivity index (χ3n) is 6.76. The maximum absolute atomic E-state index is 12.8. The summed E-state index contributed by atoms with van der Waals surface area (Å²) < 4.78 is 0. The lowest BCUT2D eigenvalue weighted by molar-refractivity contribution is 0.102. The first-order chi connectivity index (χ1) is 17.1. The maximum atomic E-state index is 12.8. The minimum atomic E-state index is -0.314. The largest absolute Gasteiger partial charge is 0.338 e. The Morgan fingerprint density at radius 2 is 2.09 bits per heavy atom. The Morgan fingerprint density at radius 1 is 1.23 bits per heavy atom. The Morgan fingerprint density at radius 3 is 2.89 bits per heavy atom. The molecule has 0 radical (unpaired) electrons. The Balaban J connectivity index is 1.12. The number of allylic oxidation sites excluding steroid dienone is 1. The van der Waals surface area contributed by atoms with E-state index in [-0.39, 0.29) is 17.9 Å². The minimum absolute atomic E-state index is 0.0176. The first-order valence-electron chi connectivity index (χ1n) is 12.2. The van der Waals surface area contributed by atoms with Crippen molar-refractivity contribution in [1.82, 2.24) is 25.4 Å². The summed E-state index contributed by atoms with van der Waals surface area (Å²) in [5.41, 5.74) is 2.60. The van der Waals surface area contributed by atoms with Crippen LogP contribution in [0.2, 0.25) is 5.02 Å². The van der Waals surface area contributed by atoms with Crippen molar-refractivity contribution in [2.75, 3.05) is 25.0 Å². The lowest BCUT2D eigenvalue weighted by atomic mass is 9.97. The number of nitrogens with one attached hydrogen (secondary N) is 3. The number of carbonyl (C=O) groups excluding carboxylic acids is 2. The van der Waals surface area contributed by atoms with Gasteiger partial charge in [0, 0.05) is 30.9 Å². The zero-order valence-electron chi connectivity index (χ0n) is 19.5. The van der Waals surface area contributed by atoms with Crippen LogP contribution in [0.5, 0.6) is 0 Å². The second-order valence-electron chi connectivity index (χ2n) is 9.11. The maximum Gasteiger partial charge on any atom is 0.317 e. The predicted molar refractivity (Wildman–Crippen MR) is 139 cm³/mol. The zero-order chi connectivity index (χ0) is 24.2. The van der Waals surface area contributed by atoms with Gasteiger partial charge < -0.3 is 15.5 Å². The van der Waals surface area contributed by atoms with E-state index in [1.807, 2.05) is 17.0 Å². The van der Waals surface area contributed by atoms with Gasteiger partial charge in [0.2, 0.25) is 0 Å². The van der Waals surface area contributed by atoms with Crippen LogP contribution in [-0.2, 0) is 0 Å². The molecule has 1 aromatic carbocycles. The van der Waals surface area contributed by atoms with E-state index < -0.39 is 0 Å². The first kappa shape index (κ1) is 23.8. The Hall–Kier alpha value is -2.91. The number of amides is 3. The van der Waals surface area contributed by atoms with Crippen LogP contribution in [0.4, 0.5) is 10.6 Å². The summed E-state index contributed by atoms with van der Waals surface area (Å²) in [4.78, 5) is 31.8. The highest BCUT2D eigenvalue weighted by Crippen LogP contribution is 2.32. The number of nitrogens with zero attached hydrogens (tertiary/aromatic N) is 3. The van der Waals surface area contributed by atoms with Gasteiger partial charge in [-0.3, -0.25) is 9.89 Å². The molecule has 35 heavy (non-hydrogen) atoms. The zero-order valence-corrected chi connectivity index (χ0v) is 21.1. The van der Waals surface area contributed by atoms with E-state index in [0.717, 1.165) is 29.8 Å². The molecule has 2 aromatic heterocycles. The molecule has 8 nitrogen and oxygen atoms in total. The number of benzene rings is 1. The van der Waals surface area contributed by atoms with Gasteiger partial charge in [0.15, 0.2) is 5.82 Å². The number of rotatable bonds is 6. The second kappa shape index (κ2) is 10.8. The van der Waals surface area contributed by atoms with Gasteiger partial charge in [0.25, 0.3) is 5.91 Å². The normalized spacial score (nSPS) is 16.8. The van der Waals surface area contributed by atoms with Crippen LogP contribution in [-0.4, -0.2) is 51.7 Å². The molecule has 2 aliphatic rings. The van der Waals surface area contributed by atoms with Crippen molar-refractivity contribution in [2.24, 2.45) is 0 Å². The Bertz CT molecular complexity index is 1240. The molecule has 10 heteroatoms. The third-order valence-corrected chi connectivity index (χ3v) is 8.09. The van der Waals surface area contributed by atoms with Crippen molar-refractivity contribution in [2.45, 2.75) is 50.9 Å². The third kappa shape index (κ3) is 5.51. The van der Waals surface area contributed by atoms with Crippen LogP contribution in [0.15, 0.2) is 35.2 Å². The van der Waals surface area contributed by atoms with Gasteiger partial charge >= 0.3 is 6.03 Å². The van der Waals surface area contributed by atoms with Crippen LogP contribution in [0.1, 0.15) is 66.4 Å². The van der Waals surface area contributed by atoms with E-state index in [1.54, 1.807) is 11.4 Å². The van der Waals surface area contributed by atoms with E-state index in [0.29, 0.717) is 41.6 Å². The van der Waals surface area contributed by atoms with Gasteiger partial charge in [-0.15, -0.1) is 11.3 Å². The fraction of sp³-hybridized carbons (Fsp3) is 0.440. The van der Waals surface area contributed by atoms with Gasteiger partial charge in [-0.25, -0.2) is 9.78 Å². The topological polar surface area (TPSA) is 103 Å². The number of halogens is 1. The molecular formula is C25H29ClN6O2S. The minimum Gasteiger partial charge on any atom is -0.338 e. The van der Waals surface area contributed by atoms with Crippen LogP contribution >= 0.6 is 22.9 Å². The lowest BCUT2D eigenvalue weighted by Gasteiger charge is -2.31.